The topological polar surface area (TPSA) is 3.24 Å². The van der Waals surface area contributed by atoms with Crippen LogP contribution in [-0.2, 0) is 0 Å². The summed E-state index contributed by atoms with van der Waals surface area (Å²) in [4.78, 5) is 2.53. The predicted octanol–water partition coefficient (Wildman–Crippen LogP) is 0.464. The van der Waals surface area contributed by atoms with Crippen LogP contribution in [0.2, 0.25) is 0 Å². The lowest BCUT2D eigenvalue weighted by atomic mass is 9.91. The third-order valence-corrected chi connectivity index (χ3v) is 2.02. The molecule has 2 fully saturated rings. The molecule has 2 aliphatic heterocycles. The molecule has 34 valence electrons. The van der Waals surface area contributed by atoms with E-state index in [1.54, 1.807) is 0 Å². The Hall–Kier alpha value is -0.0400. The largest absolute Gasteiger partial charge is 0.300 e. The summed E-state index contributed by atoms with van der Waals surface area (Å²) < 4.78 is 0. The van der Waals surface area contributed by atoms with E-state index in [4.69, 9.17) is 0 Å². The van der Waals surface area contributed by atoms with Gasteiger partial charge in [0.05, 0.1) is 0 Å². The van der Waals surface area contributed by atoms with Crippen LogP contribution in [0, 0.1) is 0 Å². The van der Waals surface area contributed by atoms with Crippen LogP contribution < -0.4 is 0 Å². The Balaban J connectivity index is 2.03. The van der Waals surface area contributed by atoms with E-state index < -0.39 is 0 Å². The molecule has 0 aromatic rings. The first-order chi connectivity index (χ1) is 2.97. The number of hydrogen-bond acceptors (Lipinski definition) is 1. The first-order valence-corrected chi connectivity index (χ1v) is 2.71. The second-order valence-corrected chi connectivity index (χ2v) is 2.27. The Morgan fingerprint density at radius 3 is 1.67 bits per heavy atom. The van der Waals surface area contributed by atoms with Gasteiger partial charge in [-0.15, -0.1) is 0 Å². The standard InChI is InChI=1S/C5H9N/c1-3-6-4-2-5(1)6/h5H,1-4H2. The molecular formula is C5H9N. The van der Waals surface area contributed by atoms with Crippen molar-refractivity contribution in [3.8, 4) is 0 Å². The van der Waals surface area contributed by atoms with Gasteiger partial charge >= 0.3 is 0 Å². The molecule has 0 atom stereocenters. The van der Waals surface area contributed by atoms with Crippen LogP contribution in [0.5, 0.6) is 0 Å². The van der Waals surface area contributed by atoms with E-state index in [1.165, 1.54) is 25.9 Å². The first-order valence-electron chi connectivity index (χ1n) is 2.71. The van der Waals surface area contributed by atoms with Crippen LogP contribution >= 0.6 is 0 Å². The summed E-state index contributed by atoms with van der Waals surface area (Å²) in [6.45, 7) is 2.79. The average molecular weight is 83.1 g/mol. The maximum absolute atomic E-state index is 2.53. The van der Waals surface area contributed by atoms with Crippen molar-refractivity contribution >= 4 is 0 Å². The lowest BCUT2D eigenvalue weighted by Crippen LogP contribution is -2.57. The number of hydrogen-bond donors (Lipinski definition) is 0. The Kier molecular flexibility index (Phi) is 0.396. The van der Waals surface area contributed by atoms with E-state index >= 15 is 0 Å². The highest BCUT2D eigenvalue weighted by molar-refractivity contribution is 4.91. The molecule has 2 heterocycles. The SMILES string of the molecule is C1CN2CCC12. The molecule has 0 bridgehead atoms. The van der Waals surface area contributed by atoms with Crippen LogP contribution in [0.4, 0.5) is 0 Å². The molecule has 0 aromatic carbocycles. The van der Waals surface area contributed by atoms with Gasteiger partial charge in [-0.3, -0.25) is 0 Å². The summed E-state index contributed by atoms with van der Waals surface area (Å²) in [6, 6.07) is 1.05. The van der Waals surface area contributed by atoms with Crippen molar-refractivity contribution in [2.24, 2.45) is 0 Å². The van der Waals surface area contributed by atoms with Gasteiger partial charge in [-0.05, 0) is 25.9 Å². The van der Waals surface area contributed by atoms with Gasteiger partial charge in [0.25, 0.3) is 0 Å². The maximum Gasteiger partial charge on any atom is 0.0120 e. The Morgan fingerprint density at radius 1 is 1.17 bits per heavy atom. The highest BCUT2D eigenvalue weighted by atomic mass is 15.3. The summed E-state index contributed by atoms with van der Waals surface area (Å²) in [6.07, 6.45) is 2.97. The van der Waals surface area contributed by atoms with Crippen LogP contribution in [0.15, 0.2) is 0 Å². The minimum Gasteiger partial charge on any atom is -0.300 e. The third-order valence-electron chi connectivity index (χ3n) is 2.02. The molecule has 0 spiro atoms. The van der Waals surface area contributed by atoms with Crippen LogP contribution in [0.3, 0.4) is 0 Å². The van der Waals surface area contributed by atoms with Crippen molar-refractivity contribution in [1.29, 1.82) is 0 Å². The fraction of sp³-hybridized carbons (Fsp3) is 1.00. The molecule has 0 radical (unpaired) electrons. The molecule has 0 N–H and O–H groups in total. The summed E-state index contributed by atoms with van der Waals surface area (Å²) in [5.41, 5.74) is 0. The second kappa shape index (κ2) is 0.784. The lowest BCUT2D eigenvalue weighted by Gasteiger charge is -2.50. The molecule has 2 saturated heterocycles. The lowest BCUT2D eigenvalue weighted by molar-refractivity contribution is -0.00222. The monoisotopic (exact) mass is 83.1 g/mol. The normalized spacial score (nSPS) is 34.0. The molecule has 1 heteroatoms. The highest BCUT2D eigenvalue weighted by Gasteiger charge is 2.34. The minimum absolute atomic E-state index is 1.05. The van der Waals surface area contributed by atoms with Crippen molar-refractivity contribution in [3.63, 3.8) is 0 Å². The fourth-order valence-electron chi connectivity index (χ4n) is 1.24. The van der Waals surface area contributed by atoms with Gasteiger partial charge < -0.3 is 4.90 Å². The molecule has 2 rings (SSSR count). The van der Waals surface area contributed by atoms with Gasteiger partial charge in [0.2, 0.25) is 0 Å². The Labute approximate surface area is 37.9 Å². The van der Waals surface area contributed by atoms with Gasteiger partial charge in [0.15, 0.2) is 0 Å². The fourth-order valence-corrected chi connectivity index (χ4v) is 1.24. The zero-order valence-electron chi connectivity index (χ0n) is 3.85. The Morgan fingerprint density at radius 2 is 1.67 bits per heavy atom. The van der Waals surface area contributed by atoms with E-state index in [2.05, 4.69) is 4.90 Å². The maximum atomic E-state index is 2.53. The average Bonchev–Trinajstić information content (AvgIpc) is 1.54. The summed E-state index contributed by atoms with van der Waals surface area (Å²) in [5.74, 6) is 0. The van der Waals surface area contributed by atoms with E-state index in [0.29, 0.717) is 0 Å². The number of nitrogens with zero attached hydrogens (tertiary/aromatic N) is 1. The van der Waals surface area contributed by atoms with Crippen molar-refractivity contribution in [2.45, 2.75) is 18.9 Å². The summed E-state index contributed by atoms with van der Waals surface area (Å²) >= 11 is 0. The highest BCUT2D eigenvalue weighted by Crippen LogP contribution is 2.28. The molecule has 0 unspecified atom stereocenters. The van der Waals surface area contributed by atoms with Gasteiger partial charge in [0, 0.05) is 6.04 Å². The molecule has 0 aliphatic carbocycles. The van der Waals surface area contributed by atoms with E-state index in [9.17, 15) is 0 Å². The van der Waals surface area contributed by atoms with Gasteiger partial charge in [-0.1, -0.05) is 0 Å². The zero-order chi connectivity index (χ0) is 3.98. The quantitative estimate of drug-likeness (QED) is 0.411. The predicted molar refractivity (Wildman–Crippen MR) is 24.6 cm³/mol. The molecule has 0 saturated carbocycles. The summed E-state index contributed by atoms with van der Waals surface area (Å²) in [5, 5.41) is 0. The number of fused-ring (bicyclic) bond motifs is 1. The van der Waals surface area contributed by atoms with Crippen molar-refractivity contribution in [3.05, 3.63) is 0 Å². The zero-order valence-corrected chi connectivity index (χ0v) is 3.85. The first kappa shape index (κ1) is 3.03. The minimum atomic E-state index is 1.05. The van der Waals surface area contributed by atoms with Crippen molar-refractivity contribution in [2.75, 3.05) is 13.1 Å². The van der Waals surface area contributed by atoms with Gasteiger partial charge in [0.1, 0.15) is 0 Å². The second-order valence-electron chi connectivity index (χ2n) is 2.27. The van der Waals surface area contributed by atoms with Crippen molar-refractivity contribution < 1.29 is 0 Å². The molecule has 2 aliphatic rings. The molecular weight excluding hydrogens is 74.1 g/mol. The van der Waals surface area contributed by atoms with Crippen LogP contribution in [0.1, 0.15) is 12.8 Å². The van der Waals surface area contributed by atoms with Crippen LogP contribution in [0.25, 0.3) is 0 Å². The molecule has 6 heavy (non-hydrogen) atoms. The smallest absolute Gasteiger partial charge is 0.0120 e. The van der Waals surface area contributed by atoms with E-state index in [0.717, 1.165) is 6.04 Å². The third kappa shape index (κ3) is 0.178. The Bertz CT molecular complexity index is 52.3. The van der Waals surface area contributed by atoms with Crippen LogP contribution in [-0.4, -0.2) is 24.0 Å². The van der Waals surface area contributed by atoms with E-state index in [1.807, 2.05) is 0 Å². The number of piperidine rings is 1. The molecule has 1 nitrogen and oxygen atoms in total. The molecule has 0 aromatic heterocycles. The summed E-state index contributed by atoms with van der Waals surface area (Å²) in [7, 11) is 0. The van der Waals surface area contributed by atoms with Crippen molar-refractivity contribution in [1.82, 2.24) is 4.90 Å². The van der Waals surface area contributed by atoms with E-state index in [-0.39, 0.29) is 0 Å². The van der Waals surface area contributed by atoms with Gasteiger partial charge in [-0.25, -0.2) is 0 Å². The molecule has 0 amide bonds. The number of rotatable bonds is 0. The van der Waals surface area contributed by atoms with Gasteiger partial charge in [-0.2, -0.15) is 0 Å².